The Hall–Kier alpha value is -2.03. The lowest BCUT2D eigenvalue weighted by Gasteiger charge is -2.33. The number of hydrogen-bond acceptors (Lipinski definition) is 1. The number of rotatable bonds is 2. The fourth-order valence-corrected chi connectivity index (χ4v) is 3.14. The summed E-state index contributed by atoms with van der Waals surface area (Å²) in [7, 11) is 3.83. The third-order valence-corrected chi connectivity index (χ3v) is 4.29. The van der Waals surface area contributed by atoms with Crippen molar-refractivity contribution < 1.29 is 4.79 Å². The Balaban J connectivity index is 1.90. The lowest BCUT2D eigenvalue weighted by atomic mass is 9.87. The second-order valence-corrected chi connectivity index (χ2v) is 5.53. The van der Waals surface area contributed by atoms with Gasteiger partial charge in [0, 0.05) is 20.3 Å². The highest BCUT2D eigenvalue weighted by Crippen LogP contribution is 2.34. The van der Waals surface area contributed by atoms with Gasteiger partial charge in [0.25, 0.3) is 5.91 Å². The molecule has 3 nitrogen and oxygen atoms in total. The summed E-state index contributed by atoms with van der Waals surface area (Å²) in [5.74, 6) is 0.0965. The molecule has 0 radical (unpaired) electrons. The van der Waals surface area contributed by atoms with Crippen molar-refractivity contribution in [1.29, 1.82) is 0 Å². The normalized spacial score (nSPS) is 17.6. The van der Waals surface area contributed by atoms with Gasteiger partial charge in [-0.25, -0.2) is 0 Å². The molecule has 0 N–H and O–H groups in total. The first-order chi connectivity index (χ1) is 9.68. The van der Waals surface area contributed by atoms with Gasteiger partial charge in [0.2, 0.25) is 0 Å². The van der Waals surface area contributed by atoms with Crippen LogP contribution in [0.25, 0.3) is 0 Å². The van der Waals surface area contributed by atoms with Crippen LogP contribution in [-0.2, 0) is 13.5 Å². The minimum atomic E-state index is 0.0965. The molecule has 20 heavy (non-hydrogen) atoms. The van der Waals surface area contributed by atoms with Gasteiger partial charge >= 0.3 is 0 Å². The molecule has 0 fully saturated rings. The van der Waals surface area contributed by atoms with E-state index < -0.39 is 0 Å². The zero-order valence-electron chi connectivity index (χ0n) is 12.0. The van der Waals surface area contributed by atoms with Crippen LogP contribution in [-0.4, -0.2) is 22.4 Å². The summed E-state index contributed by atoms with van der Waals surface area (Å²) in [6.07, 6.45) is 5.23. The maximum absolute atomic E-state index is 12.6. The first-order valence-electron chi connectivity index (χ1n) is 7.15. The van der Waals surface area contributed by atoms with E-state index in [2.05, 4.69) is 24.3 Å². The summed E-state index contributed by atoms with van der Waals surface area (Å²) in [5, 5.41) is 0. The van der Waals surface area contributed by atoms with Crippen molar-refractivity contribution in [2.24, 2.45) is 7.05 Å². The lowest BCUT2D eigenvalue weighted by Crippen LogP contribution is -2.34. The van der Waals surface area contributed by atoms with E-state index in [0.717, 1.165) is 25.0 Å². The lowest BCUT2D eigenvalue weighted by molar-refractivity contribution is 0.0705. The molecule has 1 atom stereocenters. The molecule has 2 aromatic rings. The second kappa shape index (κ2) is 5.16. The predicted molar refractivity (Wildman–Crippen MR) is 79.6 cm³/mol. The largest absolute Gasteiger partial charge is 0.347 e. The van der Waals surface area contributed by atoms with Crippen LogP contribution in [0, 0.1) is 0 Å². The summed E-state index contributed by atoms with van der Waals surface area (Å²) in [6, 6.07) is 12.5. The van der Waals surface area contributed by atoms with Crippen LogP contribution >= 0.6 is 0 Å². The second-order valence-electron chi connectivity index (χ2n) is 5.53. The van der Waals surface area contributed by atoms with E-state index in [1.807, 2.05) is 41.9 Å². The quantitative estimate of drug-likeness (QED) is 0.821. The first kappa shape index (κ1) is 13.0. The molecule has 1 amide bonds. The first-order valence-corrected chi connectivity index (χ1v) is 7.15. The molecule has 104 valence electrons. The van der Waals surface area contributed by atoms with E-state index in [1.54, 1.807) is 0 Å². The molecule has 0 saturated heterocycles. The number of amides is 1. The molecule has 1 heterocycles. The standard InChI is InChI=1S/C17H20N2O/c1-18-12-6-11-16(18)17(20)19(2)15-10-5-8-13-7-3-4-9-14(13)15/h3-4,6-7,9,11-12,15H,5,8,10H2,1-2H3. The molecule has 1 aromatic heterocycles. The number of hydrogen-bond donors (Lipinski definition) is 0. The van der Waals surface area contributed by atoms with Gasteiger partial charge in [-0.2, -0.15) is 0 Å². The highest BCUT2D eigenvalue weighted by molar-refractivity contribution is 5.92. The van der Waals surface area contributed by atoms with Crippen LogP contribution in [0.3, 0.4) is 0 Å². The molecule has 3 rings (SSSR count). The Morgan fingerprint density at radius 3 is 2.80 bits per heavy atom. The van der Waals surface area contributed by atoms with Gasteiger partial charge < -0.3 is 9.47 Å². The zero-order valence-corrected chi connectivity index (χ0v) is 12.0. The number of benzene rings is 1. The van der Waals surface area contributed by atoms with Gasteiger partial charge in [0.05, 0.1) is 6.04 Å². The highest BCUT2D eigenvalue weighted by Gasteiger charge is 2.27. The summed E-state index contributed by atoms with van der Waals surface area (Å²) in [6.45, 7) is 0. The third-order valence-electron chi connectivity index (χ3n) is 4.29. The van der Waals surface area contributed by atoms with Crippen molar-refractivity contribution >= 4 is 5.91 Å². The molecule has 1 aliphatic rings. The van der Waals surface area contributed by atoms with Gasteiger partial charge in [-0.1, -0.05) is 24.3 Å². The van der Waals surface area contributed by atoms with Crippen molar-refractivity contribution in [3.8, 4) is 0 Å². The average molecular weight is 268 g/mol. The number of nitrogens with zero attached hydrogens (tertiary/aromatic N) is 2. The van der Waals surface area contributed by atoms with Crippen LogP contribution in [0.15, 0.2) is 42.6 Å². The Bertz CT molecular complexity index is 629. The smallest absolute Gasteiger partial charge is 0.270 e. The van der Waals surface area contributed by atoms with Crippen LogP contribution in [0.5, 0.6) is 0 Å². The van der Waals surface area contributed by atoms with Crippen molar-refractivity contribution in [2.45, 2.75) is 25.3 Å². The van der Waals surface area contributed by atoms with Crippen LogP contribution < -0.4 is 0 Å². The summed E-state index contributed by atoms with van der Waals surface area (Å²) in [4.78, 5) is 14.5. The molecular weight excluding hydrogens is 248 g/mol. The van der Waals surface area contributed by atoms with Crippen molar-refractivity contribution in [3.05, 3.63) is 59.4 Å². The maximum Gasteiger partial charge on any atom is 0.270 e. The van der Waals surface area contributed by atoms with Crippen LogP contribution in [0.4, 0.5) is 0 Å². The Morgan fingerprint density at radius 2 is 2.05 bits per heavy atom. The molecule has 0 bridgehead atoms. The molecule has 1 unspecified atom stereocenters. The third kappa shape index (κ3) is 2.13. The number of aryl methyl sites for hydroxylation is 2. The van der Waals surface area contributed by atoms with E-state index in [4.69, 9.17) is 0 Å². The Morgan fingerprint density at radius 1 is 1.25 bits per heavy atom. The fraction of sp³-hybridized carbons (Fsp3) is 0.353. The van der Waals surface area contributed by atoms with Crippen molar-refractivity contribution in [2.75, 3.05) is 7.05 Å². The minimum absolute atomic E-state index is 0.0965. The molecule has 0 saturated carbocycles. The van der Waals surface area contributed by atoms with Crippen LogP contribution in [0.1, 0.15) is 40.5 Å². The van der Waals surface area contributed by atoms with E-state index >= 15 is 0 Å². The summed E-state index contributed by atoms with van der Waals surface area (Å²) < 4.78 is 1.88. The number of carbonyl (C=O) groups excluding carboxylic acids is 1. The maximum atomic E-state index is 12.6. The fourth-order valence-electron chi connectivity index (χ4n) is 3.14. The molecule has 1 aromatic carbocycles. The minimum Gasteiger partial charge on any atom is -0.347 e. The molecule has 0 aliphatic heterocycles. The Kier molecular flexibility index (Phi) is 3.35. The van der Waals surface area contributed by atoms with Gasteiger partial charge in [-0.15, -0.1) is 0 Å². The van der Waals surface area contributed by atoms with E-state index in [-0.39, 0.29) is 11.9 Å². The summed E-state index contributed by atoms with van der Waals surface area (Å²) >= 11 is 0. The highest BCUT2D eigenvalue weighted by atomic mass is 16.2. The van der Waals surface area contributed by atoms with E-state index in [0.29, 0.717) is 0 Å². The zero-order chi connectivity index (χ0) is 14.1. The predicted octanol–water partition coefficient (Wildman–Crippen LogP) is 3.17. The van der Waals surface area contributed by atoms with Gasteiger partial charge in [-0.05, 0) is 42.5 Å². The number of fused-ring (bicyclic) bond motifs is 1. The van der Waals surface area contributed by atoms with Crippen molar-refractivity contribution in [1.82, 2.24) is 9.47 Å². The SMILES string of the molecule is CN(C(=O)c1cccn1C)C1CCCc2ccccc21. The van der Waals surface area contributed by atoms with Crippen molar-refractivity contribution in [3.63, 3.8) is 0 Å². The monoisotopic (exact) mass is 268 g/mol. The molecular formula is C17H20N2O. The van der Waals surface area contributed by atoms with E-state index in [9.17, 15) is 4.79 Å². The Labute approximate surface area is 119 Å². The average Bonchev–Trinajstić information content (AvgIpc) is 2.91. The van der Waals surface area contributed by atoms with Crippen LogP contribution in [0.2, 0.25) is 0 Å². The molecule has 3 heteroatoms. The van der Waals surface area contributed by atoms with Gasteiger partial charge in [0.15, 0.2) is 0 Å². The molecule has 0 spiro atoms. The topological polar surface area (TPSA) is 25.2 Å². The number of carbonyl (C=O) groups is 1. The molecule has 1 aliphatic carbocycles. The summed E-state index contributed by atoms with van der Waals surface area (Å²) in [5.41, 5.74) is 3.44. The van der Waals surface area contributed by atoms with Gasteiger partial charge in [0.1, 0.15) is 5.69 Å². The number of aromatic nitrogens is 1. The van der Waals surface area contributed by atoms with Gasteiger partial charge in [-0.3, -0.25) is 4.79 Å². The van der Waals surface area contributed by atoms with E-state index in [1.165, 1.54) is 11.1 Å².